The van der Waals surface area contributed by atoms with Crippen LogP contribution in [0.4, 0.5) is 0 Å². The Labute approximate surface area is 97.2 Å². The van der Waals surface area contributed by atoms with E-state index in [4.69, 9.17) is 12.2 Å². The number of hydrogen-bond donors (Lipinski definition) is 2. The molecule has 1 fully saturated rings. The molecule has 2 nitrogen and oxygen atoms in total. The molecule has 1 aromatic carbocycles. The molecule has 0 spiro atoms. The summed E-state index contributed by atoms with van der Waals surface area (Å²) in [7, 11) is 0. The van der Waals surface area contributed by atoms with Crippen molar-refractivity contribution in [2.24, 2.45) is 5.73 Å². The molecule has 0 saturated heterocycles. The molecule has 0 heterocycles. The maximum Gasteiger partial charge on any atom is 0.0578 e. The molecule has 0 aromatic heterocycles. The van der Waals surface area contributed by atoms with E-state index in [1.54, 1.807) is 0 Å². The predicted octanol–water partition coefficient (Wildman–Crippen LogP) is 1.79. The molecule has 1 aromatic rings. The molecule has 84 valence electrons. The molecule has 1 aliphatic carbocycles. The van der Waals surface area contributed by atoms with E-state index in [-0.39, 0.29) is 6.04 Å². The summed E-state index contributed by atoms with van der Waals surface area (Å²) >= 11 is 0. The van der Waals surface area contributed by atoms with Crippen molar-refractivity contribution in [3.05, 3.63) is 35.4 Å². The van der Waals surface area contributed by atoms with E-state index in [1.807, 2.05) is 0 Å². The van der Waals surface area contributed by atoms with Gasteiger partial charge in [0.1, 0.15) is 0 Å². The third kappa shape index (κ3) is 2.44. The van der Waals surface area contributed by atoms with E-state index in [1.165, 1.54) is 24.0 Å². The third-order valence-corrected chi connectivity index (χ3v) is 3.07. The largest absolute Gasteiger partial charge is 0.329 e. The minimum absolute atomic E-state index is 0.188. The van der Waals surface area contributed by atoms with Gasteiger partial charge in [0.2, 0.25) is 0 Å². The maximum atomic E-state index is 5.80. The zero-order valence-corrected chi connectivity index (χ0v) is 9.45. The normalized spacial score (nSPS) is 16.8. The minimum Gasteiger partial charge on any atom is -0.329 e. The number of nitrogens with two attached hydrogens (primary N) is 1. The van der Waals surface area contributed by atoms with Gasteiger partial charge in [0.25, 0.3) is 0 Å². The van der Waals surface area contributed by atoms with Crippen LogP contribution in [-0.4, -0.2) is 13.1 Å². The van der Waals surface area contributed by atoms with Gasteiger partial charge in [-0.3, -0.25) is 5.32 Å². The first-order chi connectivity index (χ1) is 7.86. The highest BCUT2D eigenvalue weighted by Crippen LogP contribution is 2.42. The standard InChI is InChI=1S/C14H18N2/c1-2-9-16-14(10-15)13-6-4-3-5-12(13)11-7-8-11/h1,3-6,11,14,16H,7-10,15H2. The number of nitrogens with one attached hydrogen (secondary N) is 1. The number of terminal acetylenes is 1. The predicted molar refractivity (Wildman–Crippen MR) is 67.0 cm³/mol. The van der Waals surface area contributed by atoms with Crippen molar-refractivity contribution in [2.75, 3.05) is 13.1 Å². The Morgan fingerprint density at radius 1 is 1.44 bits per heavy atom. The summed E-state index contributed by atoms with van der Waals surface area (Å²) in [5, 5.41) is 3.30. The van der Waals surface area contributed by atoms with Crippen LogP contribution in [0.5, 0.6) is 0 Å². The fraction of sp³-hybridized carbons (Fsp3) is 0.429. The molecule has 1 saturated carbocycles. The maximum absolute atomic E-state index is 5.80. The molecule has 3 N–H and O–H groups in total. The Balaban J connectivity index is 2.19. The summed E-state index contributed by atoms with van der Waals surface area (Å²) in [6.45, 7) is 1.16. The van der Waals surface area contributed by atoms with Crippen LogP contribution in [0.25, 0.3) is 0 Å². The van der Waals surface area contributed by atoms with Crippen LogP contribution >= 0.6 is 0 Å². The Bertz CT molecular complexity index is 388. The number of hydrogen-bond acceptors (Lipinski definition) is 2. The van der Waals surface area contributed by atoms with Crippen LogP contribution in [0.1, 0.15) is 35.9 Å². The summed E-state index contributed by atoms with van der Waals surface area (Å²) < 4.78 is 0. The quantitative estimate of drug-likeness (QED) is 0.733. The van der Waals surface area contributed by atoms with Gasteiger partial charge in [-0.2, -0.15) is 0 Å². The second-order valence-electron chi connectivity index (χ2n) is 4.28. The highest BCUT2D eigenvalue weighted by molar-refractivity contribution is 5.35. The topological polar surface area (TPSA) is 38.0 Å². The van der Waals surface area contributed by atoms with Gasteiger partial charge in [0, 0.05) is 12.6 Å². The molecular formula is C14H18N2. The van der Waals surface area contributed by atoms with E-state index in [2.05, 4.69) is 35.5 Å². The highest BCUT2D eigenvalue weighted by Gasteiger charge is 2.27. The number of benzene rings is 1. The van der Waals surface area contributed by atoms with Gasteiger partial charge in [0.15, 0.2) is 0 Å². The first-order valence-electron chi connectivity index (χ1n) is 5.82. The van der Waals surface area contributed by atoms with Crippen molar-refractivity contribution < 1.29 is 0 Å². The van der Waals surface area contributed by atoms with Crippen molar-refractivity contribution in [1.29, 1.82) is 0 Å². The van der Waals surface area contributed by atoms with E-state index in [9.17, 15) is 0 Å². The molecule has 2 heteroatoms. The van der Waals surface area contributed by atoms with Crippen LogP contribution in [0.15, 0.2) is 24.3 Å². The fourth-order valence-corrected chi connectivity index (χ4v) is 2.10. The lowest BCUT2D eigenvalue weighted by atomic mass is 9.97. The SMILES string of the molecule is C#CCNC(CN)c1ccccc1C1CC1. The van der Waals surface area contributed by atoms with Gasteiger partial charge < -0.3 is 5.73 Å². The second kappa shape index (κ2) is 5.16. The zero-order chi connectivity index (χ0) is 11.4. The lowest BCUT2D eigenvalue weighted by molar-refractivity contribution is 0.577. The second-order valence-corrected chi connectivity index (χ2v) is 4.28. The van der Waals surface area contributed by atoms with Crippen LogP contribution in [-0.2, 0) is 0 Å². The molecule has 0 aliphatic heterocycles. The summed E-state index contributed by atoms with van der Waals surface area (Å²) in [5.74, 6) is 3.35. The lowest BCUT2D eigenvalue weighted by Gasteiger charge is -2.19. The Kier molecular flexibility index (Phi) is 3.61. The van der Waals surface area contributed by atoms with Gasteiger partial charge in [-0.05, 0) is 29.9 Å². The lowest BCUT2D eigenvalue weighted by Crippen LogP contribution is -2.29. The van der Waals surface area contributed by atoms with Gasteiger partial charge in [-0.1, -0.05) is 30.2 Å². The van der Waals surface area contributed by atoms with E-state index in [0.717, 1.165) is 5.92 Å². The molecule has 0 radical (unpaired) electrons. The molecule has 0 bridgehead atoms. The van der Waals surface area contributed by atoms with Crippen LogP contribution < -0.4 is 11.1 Å². The van der Waals surface area contributed by atoms with Crippen LogP contribution in [0.2, 0.25) is 0 Å². The average molecular weight is 214 g/mol. The first-order valence-corrected chi connectivity index (χ1v) is 5.82. The van der Waals surface area contributed by atoms with Crippen molar-refractivity contribution in [3.63, 3.8) is 0 Å². The van der Waals surface area contributed by atoms with E-state index >= 15 is 0 Å². The van der Waals surface area contributed by atoms with Gasteiger partial charge in [-0.15, -0.1) is 6.42 Å². The van der Waals surface area contributed by atoms with Crippen molar-refractivity contribution in [3.8, 4) is 12.3 Å². The van der Waals surface area contributed by atoms with Crippen LogP contribution in [0, 0.1) is 12.3 Å². The Morgan fingerprint density at radius 2 is 2.19 bits per heavy atom. The fourth-order valence-electron chi connectivity index (χ4n) is 2.10. The third-order valence-electron chi connectivity index (χ3n) is 3.07. The Morgan fingerprint density at radius 3 is 2.81 bits per heavy atom. The monoisotopic (exact) mass is 214 g/mol. The minimum atomic E-state index is 0.188. The van der Waals surface area contributed by atoms with Gasteiger partial charge in [-0.25, -0.2) is 0 Å². The molecule has 16 heavy (non-hydrogen) atoms. The van der Waals surface area contributed by atoms with Gasteiger partial charge >= 0.3 is 0 Å². The van der Waals surface area contributed by atoms with Crippen LogP contribution in [0.3, 0.4) is 0 Å². The summed E-state index contributed by atoms with van der Waals surface area (Å²) in [6.07, 6.45) is 7.88. The highest BCUT2D eigenvalue weighted by atomic mass is 14.9. The molecule has 2 rings (SSSR count). The summed E-state index contributed by atoms with van der Waals surface area (Å²) in [6, 6.07) is 8.74. The number of rotatable bonds is 5. The van der Waals surface area contributed by atoms with E-state index in [0.29, 0.717) is 13.1 Å². The van der Waals surface area contributed by atoms with Gasteiger partial charge in [0.05, 0.1) is 6.54 Å². The summed E-state index contributed by atoms with van der Waals surface area (Å²) in [4.78, 5) is 0. The Hall–Kier alpha value is -1.30. The first kappa shape index (κ1) is 11.2. The molecule has 1 atom stereocenters. The zero-order valence-electron chi connectivity index (χ0n) is 9.45. The molecular weight excluding hydrogens is 196 g/mol. The smallest absolute Gasteiger partial charge is 0.0578 e. The average Bonchev–Trinajstić information content (AvgIpc) is 3.15. The van der Waals surface area contributed by atoms with Crippen molar-refractivity contribution in [2.45, 2.75) is 24.8 Å². The molecule has 1 unspecified atom stereocenters. The van der Waals surface area contributed by atoms with E-state index < -0.39 is 0 Å². The van der Waals surface area contributed by atoms with Crippen molar-refractivity contribution in [1.82, 2.24) is 5.32 Å². The van der Waals surface area contributed by atoms with Crippen molar-refractivity contribution >= 4 is 0 Å². The summed E-state index contributed by atoms with van der Waals surface area (Å²) in [5.41, 5.74) is 8.57. The molecule has 1 aliphatic rings. The molecule has 0 amide bonds.